The van der Waals surface area contributed by atoms with Gasteiger partial charge in [-0.05, 0) is 32.3 Å². The van der Waals surface area contributed by atoms with E-state index in [9.17, 15) is 0 Å². The van der Waals surface area contributed by atoms with Gasteiger partial charge < -0.3 is 6.15 Å². The van der Waals surface area contributed by atoms with E-state index in [4.69, 9.17) is 0 Å². The van der Waals surface area contributed by atoms with E-state index in [2.05, 4.69) is 50.3 Å². The number of aryl methyl sites for hydroxylation is 1. The smallest absolute Gasteiger partial charge is 0.0242 e. The maximum Gasteiger partial charge on any atom is -0.0242 e. The Morgan fingerprint density at radius 3 is 2.38 bits per heavy atom. The van der Waals surface area contributed by atoms with Crippen molar-refractivity contribution in [2.75, 3.05) is 0 Å². The Balaban J connectivity index is 0.00000144. The van der Waals surface area contributed by atoms with Crippen molar-refractivity contribution in [2.24, 2.45) is 0 Å². The molecule has 0 bridgehead atoms. The highest BCUT2D eigenvalue weighted by Crippen LogP contribution is 2.07. The van der Waals surface area contributed by atoms with Crippen molar-refractivity contribution in [3.63, 3.8) is 0 Å². The molecule has 0 fully saturated rings. The van der Waals surface area contributed by atoms with Gasteiger partial charge in [-0.15, -0.1) is 0 Å². The van der Waals surface area contributed by atoms with E-state index >= 15 is 0 Å². The van der Waals surface area contributed by atoms with Crippen LogP contribution in [0.15, 0.2) is 42.0 Å². The summed E-state index contributed by atoms with van der Waals surface area (Å²) in [6.45, 7) is 4.28. The molecule has 1 aromatic rings. The predicted molar refractivity (Wildman–Crippen MR) is 59.2 cm³/mol. The molecule has 0 amide bonds. The molecule has 0 radical (unpaired) electrons. The highest BCUT2D eigenvalue weighted by molar-refractivity contribution is 5.16. The molecule has 1 rings (SSSR count). The lowest BCUT2D eigenvalue weighted by molar-refractivity contribution is 0.938. The molecule has 0 aliphatic heterocycles. The van der Waals surface area contributed by atoms with E-state index in [1.807, 2.05) is 0 Å². The van der Waals surface area contributed by atoms with Gasteiger partial charge in [0.15, 0.2) is 0 Å². The monoisotopic (exact) mass is 177 g/mol. The van der Waals surface area contributed by atoms with E-state index in [1.165, 1.54) is 17.6 Å². The van der Waals surface area contributed by atoms with Crippen molar-refractivity contribution >= 4 is 0 Å². The zero-order chi connectivity index (χ0) is 8.81. The average Bonchev–Trinajstić information content (AvgIpc) is 2.16. The van der Waals surface area contributed by atoms with Crippen LogP contribution in [0.25, 0.3) is 0 Å². The minimum absolute atomic E-state index is 0. The summed E-state index contributed by atoms with van der Waals surface area (Å²) in [6.07, 6.45) is 4.53. The van der Waals surface area contributed by atoms with E-state index in [0.717, 1.165) is 6.42 Å². The third-order valence-electron chi connectivity index (χ3n) is 2.14. The Bertz CT molecular complexity index is 249. The van der Waals surface area contributed by atoms with Crippen LogP contribution >= 0.6 is 0 Å². The summed E-state index contributed by atoms with van der Waals surface area (Å²) in [6, 6.07) is 10.6. The van der Waals surface area contributed by atoms with Gasteiger partial charge in [0, 0.05) is 0 Å². The molecule has 0 spiro atoms. The molecule has 3 N–H and O–H groups in total. The molecule has 1 heteroatoms. The van der Waals surface area contributed by atoms with Gasteiger partial charge in [0.05, 0.1) is 0 Å². The highest BCUT2D eigenvalue weighted by atomic mass is 14.0. The molecule has 1 nitrogen and oxygen atoms in total. The second-order valence-electron chi connectivity index (χ2n) is 3.12. The highest BCUT2D eigenvalue weighted by Gasteiger charge is 1.91. The molecule has 1 aromatic carbocycles. The SMILES string of the molecule is CC=C(C)CCc1ccccc1.N. The number of allylic oxidation sites excluding steroid dienone is 2. The van der Waals surface area contributed by atoms with Gasteiger partial charge in [-0.25, -0.2) is 0 Å². The number of rotatable bonds is 3. The molecule has 0 saturated heterocycles. The van der Waals surface area contributed by atoms with Gasteiger partial charge in [0.25, 0.3) is 0 Å². The Morgan fingerprint density at radius 1 is 1.23 bits per heavy atom. The molecule has 0 atom stereocenters. The fraction of sp³-hybridized carbons (Fsp3) is 0.333. The number of hydrogen-bond donors (Lipinski definition) is 1. The average molecular weight is 177 g/mol. The van der Waals surface area contributed by atoms with E-state index < -0.39 is 0 Å². The van der Waals surface area contributed by atoms with E-state index in [-0.39, 0.29) is 6.15 Å². The van der Waals surface area contributed by atoms with Gasteiger partial charge in [0.1, 0.15) is 0 Å². The van der Waals surface area contributed by atoms with E-state index in [0.29, 0.717) is 0 Å². The Labute approximate surface area is 81.1 Å². The molecule has 72 valence electrons. The van der Waals surface area contributed by atoms with Gasteiger partial charge in [0.2, 0.25) is 0 Å². The first-order valence-electron chi connectivity index (χ1n) is 4.48. The first kappa shape index (κ1) is 11.9. The lowest BCUT2D eigenvalue weighted by atomic mass is 10.1. The van der Waals surface area contributed by atoms with Crippen molar-refractivity contribution in [3.8, 4) is 0 Å². The second kappa shape index (κ2) is 6.44. The summed E-state index contributed by atoms with van der Waals surface area (Å²) in [5, 5.41) is 0. The maximum atomic E-state index is 2.18. The zero-order valence-corrected chi connectivity index (χ0v) is 8.59. The molecule has 0 saturated carbocycles. The van der Waals surface area contributed by atoms with Crippen LogP contribution in [0.3, 0.4) is 0 Å². The maximum absolute atomic E-state index is 2.18. The third-order valence-corrected chi connectivity index (χ3v) is 2.14. The van der Waals surface area contributed by atoms with Gasteiger partial charge in [-0.2, -0.15) is 0 Å². The normalized spacial score (nSPS) is 10.8. The summed E-state index contributed by atoms with van der Waals surface area (Å²) in [4.78, 5) is 0. The van der Waals surface area contributed by atoms with Crippen LogP contribution in [0.4, 0.5) is 0 Å². The minimum atomic E-state index is 0. The fourth-order valence-corrected chi connectivity index (χ4v) is 1.13. The minimum Gasteiger partial charge on any atom is -0.344 e. The van der Waals surface area contributed by atoms with Crippen molar-refractivity contribution in [1.82, 2.24) is 6.15 Å². The summed E-state index contributed by atoms with van der Waals surface area (Å²) in [5.74, 6) is 0. The van der Waals surface area contributed by atoms with Gasteiger partial charge >= 0.3 is 0 Å². The van der Waals surface area contributed by atoms with Crippen LogP contribution in [0, 0.1) is 0 Å². The first-order valence-corrected chi connectivity index (χ1v) is 4.48. The second-order valence-corrected chi connectivity index (χ2v) is 3.12. The van der Waals surface area contributed by atoms with Crippen LogP contribution in [0.2, 0.25) is 0 Å². The molecular weight excluding hydrogens is 158 g/mol. The Kier molecular flexibility index (Phi) is 5.90. The standard InChI is InChI=1S/C12H16.H3N/c1-3-11(2)9-10-12-7-5-4-6-8-12;/h3-8H,9-10H2,1-2H3;1H3. The van der Waals surface area contributed by atoms with Gasteiger partial charge in [-0.3, -0.25) is 0 Å². The van der Waals surface area contributed by atoms with Crippen molar-refractivity contribution in [2.45, 2.75) is 26.7 Å². The zero-order valence-electron chi connectivity index (χ0n) is 8.59. The molecule has 13 heavy (non-hydrogen) atoms. The predicted octanol–water partition coefficient (Wildman–Crippen LogP) is 3.75. The first-order chi connectivity index (χ1) is 5.83. The topological polar surface area (TPSA) is 35.0 Å². The largest absolute Gasteiger partial charge is 0.344 e. The molecule has 0 aliphatic carbocycles. The van der Waals surface area contributed by atoms with Crippen molar-refractivity contribution < 1.29 is 0 Å². The van der Waals surface area contributed by atoms with Crippen molar-refractivity contribution in [1.29, 1.82) is 0 Å². The third kappa shape index (κ3) is 4.48. The fourth-order valence-electron chi connectivity index (χ4n) is 1.13. The van der Waals surface area contributed by atoms with Crippen LogP contribution in [0.5, 0.6) is 0 Å². The van der Waals surface area contributed by atoms with Crippen LogP contribution in [-0.4, -0.2) is 0 Å². The molecule has 0 unspecified atom stereocenters. The summed E-state index contributed by atoms with van der Waals surface area (Å²) < 4.78 is 0. The molecule has 0 heterocycles. The van der Waals surface area contributed by atoms with Crippen LogP contribution < -0.4 is 6.15 Å². The molecule has 0 aromatic heterocycles. The summed E-state index contributed by atoms with van der Waals surface area (Å²) >= 11 is 0. The van der Waals surface area contributed by atoms with Crippen LogP contribution in [0.1, 0.15) is 25.8 Å². The lowest BCUT2D eigenvalue weighted by Crippen LogP contribution is -1.85. The quantitative estimate of drug-likeness (QED) is 0.701. The van der Waals surface area contributed by atoms with E-state index in [1.54, 1.807) is 0 Å². The number of hydrogen-bond acceptors (Lipinski definition) is 1. The Hall–Kier alpha value is -1.08. The molecule has 0 aliphatic rings. The van der Waals surface area contributed by atoms with Crippen molar-refractivity contribution in [3.05, 3.63) is 47.5 Å². The molecular formula is C12H19N. The summed E-state index contributed by atoms with van der Waals surface area (Å²) in [5.41, 5.74) is 2.90. The van der Waals surface area contributed by atoms with Crippen LogP contribution in [-0.2, 0) is 6.42 Å². The lowest BCUT2D eigenvalue weighted by Gasteiger charge is -2.00. The number of benzene rings is 1. The summed E-state index contributed by atoms with van der Waals surface area (Å²) in [7, 11) is 0. The Morgan fingerprint density at radius 2 is 1.85 bits per heavy atom. The van der Waals surface area contributed by atoms with Gasteiger partial charge in [-0.1, -0.05) is 42.0 Å².